The van der Waals surface area contributed by atoms with Crippen LogP contribution >= 0.6 is 0 Å². The van der Waals surface area contributed by atoms with Crippen LogP contribution < -0.4 is 0 Å². The Morgan fingerprint density at radius 3 is 2.11 bits per heavy atom. The van der Waals surface area contributed by atoms with Crippen molar-refractivity contribution in [2.24, 2.45) is 0 Å². The van der Waals surface area contributed by atoms with E-state index in [1.165, 1.54) is 11.1 Å². The average Bonchev–Trinajstić information content (AvgIpc) is 2.36. The number of phenolic OH excluding ortho intramolecular Hbond substituents is 2. The van der Waals surface area contributed by atoms with Gasteiger partial charge in [0.05, 0.1) is 0 Å². The first-order valence-corrected chi connectivity index (χ1v) is 6.21. The molecule has 18 heavy (non-hydrogen) atoms. The largest absolute Gasteiger partial charge is 0.508 e. The van der Waals surface area contributed by atoms with Gasteiger partial charge in [0.25, 0.3) is 0 Å². The summed E-state index contributed by atoms with van der Waals surface area (Å²) in [7, 11) is 0. The van der Waals surface area contributed by atoms with Crippen molar-refractivity contribution in [3.05, 3.63) is 59.2 Å². The lowest BCUT2D eigenvalue weighted by Gasteiger charge is -2.05. The molecule has 2 aromatic rings. The molecule has 0 radical (unpaired) electrons. The predicted octanol–water partition coefficient (Wildman–Crippen LogP) is 3.58. The molecule has 0 unspecified atom stereocenters. The molecule has 0 amide bonds. The average molecular weight is 242 g/mol. The van der Waals surface area contributed by atoms with Crippen molar-refractivity contribution in [2.45, 2.75) is 26.2 Å². The third-order valence-electron chi connectivity index (χ3n) is 3.13. The van der Waals surface area contributed by atoms with Gasteiger partial charge in [0.15, 0.2) is 0 Å². The second-order valence-corrected chi connectivity index (χ2v) is 4.64. The highest BCUT2D eigenvalue weighted by Gasteiger charge is 1.99. The first-order valence-electron chi connectivity index (χ1n) is 6.21. The van der Waals surface area contributed by atoms with Crippen molar-refractivity contribution in [3.63, 3.8) is 0 Å². The quantitative estimate of drug-likeness (QED) is 0.860. The summed E-state index contributed by atoms with van der Waals surface area (Å²) in [5, 5.41) is 18.6. The third kappa shape index (κ3) is 3.27. The summed E-state index contributed by atoms with van der Waals surface area (Å²) in [6.45, 7) is 1.92. The second kappa shape index (κ2) is 5.58. The number of benzene rings is 2. The number of aryl methyl sites for hydroxylation is 3. The maximum absolute atomic E-state index is 9.45. The molecule has 0 heterocycles. The first-order chi connectivity index (χ1) is 8.65. The van der Waals surface area contributed by atoms with Crippen molar-refractivity contribution < 1.29 is 10.2 Å². The van der Waals surface area contributed by atoms with Crippen LogP contribution in [0.2, 0.25) is 0 Å². The second-order valence-electron chi connectivity index (χ2n) is 4.64. The Morgan fingerprint density at radius 2 is 1.44 bits per heavy atom. The van der Waals surface area contributed by atoms with Crippen molar-refractivity contribution >= 4 is 0 Å². The van der Waals surface area contributed by atoms with Gasteiger partial charge in [-0.1, -0.05) is 24.3 Å². The zero-order valence-electron chi connectivity index (χ0n) is 10.6. The first kappa shape index (κ1) is 12.5. The lowest BCUT2D eigenvalue weighted by atomic mass is 10.0. The van der Waals surface area contributed by atoms with E-state index >= 15 is 0 Å². The van der Waals surface area contributed by atoms with Crippen LogP contribution in [0.15, 0.2) is 42.5 Å². The Bertz CT molecular complexity index is 515. The molecule has 2 aromatic carbocycles. The zero-order chi connectivity index (χ0) is 13.0. The summed E-state index contributed by atoms with van der Waals surface area (Å²) >= 11 is 0. The molecule has 0 aromatic heterocycles. The number of hydrogen-bond acceptors (Lipinski definition) is 2. The van der Waals surface area contributed by atoms with E-state index in [2.05, 4.69) is 0 Å². The molecule has 0 saturated carbocycles. The van der Waals surface area contributed by atoms with E-state index in [1.807, 2.05) is 31.2 Å². The summed E-state index contributed by atoms with van der Waals surface area (Å²) in [5.41, 5.74) is 3.42. The number of rotatable bonds is 4. The molecule has 0 bridgehead atoms. The summed E-state index contributed by atoms with van der Waals surface area (Å²) < 4.78 is 0. The van der Waals surface area contributed by atoms with Crippen LogP contribution in [0.3, 0.4) is 0 Å². The van der Waals surface area contributed by atoms with Crippen LogP contribution in [0.4, 0.5) is 0 Å². The Labute approximate surface area is 108 Å². The van der Waals surface area contributed by atoms with Crippen LogP contribution in [-0.4, -0.2) is 10.2 Å². The fraction of sp³-hybridized carbons (Fsp3) is 0.250. The molecule has 0 aliphatic carbocycles. The van der Waals surface area contributed by atoms with Crippen molar-refractivity contribution in [2.75, 3.05) is 0 Å². The molecule has 0 fully saturated rings. The van der Waals surface area contributed by atoms with Crippen molar-refractivity contribution in [1.82, 2.24) is 0 Å². The van der Waals surface area contributed by atoms with E-state index < -0.39 is 0 Å². The molecule has 0 aliphatic heterocycles. The van der Waals surface area contributed by atoms with Crippen LogP contribution in [0.1, 0.15) is 23.1 Å². The van der Waals surface area contributed by atoms with Crippen LogP contribution in [-0.2, 0) is 12.8 Å². The predicted molar refractivity (Wildman–Crippen MR) is 73.0 cm³/mol. The summed E-state index contributed by atoms with van der Waals surface area (Å²) in [6, 6.07) is 13.1. The lowest BCUT2D eigenvalue weighted by molar-refractivity contribution is 0.471. The summed E-state index contributed by atoms with van der Waals surface area (Å²) in [4.78, 5) is 0. The number of aromatic hydroxyl groups is 2. The summed E-state index contributed by atoms with van der Waals surface area (Å²) in [6.07, 6.45) is 3.07. The van der Waals surface area contributed by atoms with E-state index in [1.54, 1.807) is 18.2 Å². The molecule has 2 rings (SSSR count). The molecule has 2 N–H and O–H groups in total. The fourth-order valence-electron chi connectivity index (χ4n) is 2.03. The van der Waals surface area contributed by atoms with Gasteiger partial charge in [-0.15, -0.1) is 0 Å². The smallest absolute Gasteiger partial charge is 0.118 e. The molecule has 0 atom stereocenters. The van der Waals surface area contributed by atoms with Crippen molar-refractivity contribution in [1.29, 1.82) is 0 Å². The highest BCUT2D eigenvalue weighted by molar-refractivity contribution is 5.35. The topological polar surface area (TPSA) is 40.5 Å². The van der Waals surface area contributed by atoms with Crippen LogP contribution in [0.5, 0.6) is 11.5 Å². The minimum atomic E-state index is 0.313. The minimum Gasteiger partial charge on any atom is -0.508 e. The molecule has 0 spiro atoms. The van der Waals surface area contributed by atoms with Gasteiger partial charge >= 0.3 is 0 Å². The van der Waals surface area contributed by atoms with Gasteiger partial charge in [-0.05, 0) is 61.1 Å². The van der Waals surface area contributed by atoms with Gasteiger partial charge in [0, 0.05) is 0 Å². The molecule has 2 heteroatoms. The van der Waals surface area contributed by atoms with Gasteiger partial charge < -0.3 is 10.2 Å². The highest BCUT2D eigenvalue weighted by atomic mass is 16.3. The molecular weight excluding hydrogens is 224 g/mol. The highest BCUT2D eigenvalue weighted by Crippen LogP contribution is 2.18. The lowest BCUT2D eigenvalue weighted by Crippen LogP contribution is -1.90. The minimum absolute atomic E-state index is 0.313. The number of phenols is 2. The maximum Gasteiger partial charge on any atom is 0.118 e. The van der Waals surface area contributed by atoms with Gasteiger partial charge in [0.1, 0.15) is 11.5 Å². The van der Waals surface area contributed by atoms with Crippen molar-refractivity contribution in [3.8, 4) is 11.5 Å². The fourth-order valence-corrected chi connectivity index (χ4v) is 2.03. The Hall–Kier alpha value is -1.96. The molecule has 94 valence electrons. The standard InChI is InChI=1S/C16H18O2/c1-12-11-14(7-10-16(12)18)4-2-3-13-5-8-15(17)9-6-13/h5-11,17-18H,2-4H2,1H3. The summed E-state index contributed by atoms with van der Waals surface area (Å²) in [5.74, 6) is 0.671. The van der Waals surface area contributed by atoms with E-state index in [0.717, 1.165) is 24.8 Å². The van der Waals surface area contributed by atoms with E-state index in [9.17, 15) is 10.2 Å². The van der Waals surface area contributed by atoms with Gasteiger partial charge in [-0.3, -0.25) is 0 Å². The maximum atomic E-state index is 9.45. The third-order valence-corrected chi connectivity index (χ3v) is 3.13. The van der Waals surface area contributed by atoms with Crippen LogP contribution in [0.25, 0.3) is 0 Å². The van der Waals surface area contributed by atoms with E-state index in [-0.39, 0.29) is 0 Å². The van der Waals surface area contributed by atoms with Crippen LogP contribution in [0, 0.1) is 6.92 Å². The van der Waals surface area contributed by atoms with E-state index in [4.69, 9.17) is 0 Å². The number of hydrogen-bond donors (Lipinski definition) is 2. The van der Waals surface area contributed by atoms with Gasteiger partial charge in [-0.25, -0.2) is 0 Å². The Balaban J connectivity index is 1.88. The normalized spacial score (nSPS) is 10.5. The molecule has 2 nitrogen and oxygen atoms in total. The Morgan fingerprint density at radius 1 is 0.833 bits per heavy atom. The Kier molecular flexibility index (Phi) is 3.88. The van der Waals surface area contributed by atoms with E-state index in [0.29, 0.717) is 11.5 Å². The van der Waals surface area contributed by atoms with Gasteiger partial charge in [0.2, 0.25) is 0 Å². The monoisotopic (exact) mass is 242 g/mol. The molecular formula is C16H18O2. The molecule has 0 aliphatic rings. The SMILES string of the molecule is Cc1cc(CCCc2ccc(O)cc2)ccc1O. The zero-order valence-corrected chi connectivity index (χ0v) is 10.6. The molecule has 0 saturated heterocycles. The van der Waals surface area contributed by atoms with Gasteiger partial charge in [-0.2, -0.15) is 0 Å².